The van der Waals surface area contributed by atoms with E-state index in [2.05, 4.69) is 5.32 Å². The molecule has 0 spiro atoms. The minimum Gasteiger partial charge on any atom is -0.373 e. The van der Waals surface area contributed by atoms with Gasteiger partial charge in [-0.25, -0.2) is 0 Å². The quantitative estimate of drug-likeness (QED) is 0.381. The Morgan fingerprint density at radius 3 is 2.06 bits per heavy atom. The maximum atomic E-state index is 13.0. The van der Waals surface area contributed by atoms with Crippen molar-refractivity contribution in [2.24, 2.45) is 5.73 Å². The topological polar surface area (TPSA) is 47.3 Å². The van der Waals surface area contributed by atoms with Crippen molar-refractivity contribution in [3.05, 3.63) is 70.8 Å². The number of alkyl halides is 6. The van der Waals surface area contributed by atoms with Gasteiger partial charge in [0.1, 0.15) is 0 Å². The van der Waals surface area contributed by atoms with Gasteiger partial charge in [0.2, 0.25) is 0 Å². The van der Waals surface area contributed by atoms with E-state index < -0.39 is 29.6 Å². The van der Waals surface area contributed by atoms with E-state index in [4.69, 9.17) is 10.5 Å². The molecule has 0 aromatic heterocycles. The zero-order valence-electron chi connectivity index (χ0n) is 17.1. The number of rotatable bonds is 10. The molecular formula is C22H26F6N2O. The predicted molar refractivity (Wildman–Crippen MR) is 106 cm³/mol. The summed E-state index contributed by atoms with van der Waals surface area (Å²) < 4.78 is 83.2. The molecule has 0 radical (unpaired) electrons. The molecule has 0 unspecified atom stereocenters. The van der Waals surface area contributed by atoms with Crippen molar-refractivity contribution in [3.63, 3.8) is 0 Å². The molecule has 31 heavy (non-hydrogen) atoms. The minimum atomic E-state index is -4.88. The molecule has 2 aromatic carbocycles. The van der Waals surface area contributed by atoms with Crippen LogP contribution in [-0.4, -0.2) is 25.7 Å². The molecule has 0 aliphatic rings. The Balaban J connectivity index is 1.81. The summed E-state index contributed by atoms with van der Waals surface area (Å²) in [4.78, 5) is 0. The van der Waals surface area contributed by atoms with Crippen molar-refractivity contribution in [1.29, 1.82) is 0 Å². The van der Waals surface area contributed by atoms with E-state index >= 15 is 0 Å². The smallest absolute Gasteiger partial charge is 0.373 e. The lowest BCUT2D eigenvalue weighted by molar-refractivity contribution is -0.143. The highest BCUT2D eigenvalue weighted by molar-refractivity contribution is 5.34. The fourth-order valence-corrected chi connectivity index (χ4v) is 3.00. The molecule has 2 atom stereocenters. The molecule has 0 saturated heterocycles. The van der Waals surface area contributed by atoms with E-state index in [-0.39, 0.29) is 24.3 Å². The maximum Gasteiger partial charge on any atom is 0.416 e. The van der Waals surface area contributed by atoms with Gasteiger partial charge in [0, 0.05) is 19.1 Å². The van der Waals surface area contributed by atoms with Crippen LogP contribution in [0.3, 0.4) is 0 Å². The number of hydrogen-bond acceptors (Lipinski definition) is 3. The number of aryl methyl sites for hydroxylation is 1. The van der Waals surface area contributed by atoms with Crippen LogP contribution < -0.4 is 11.1 Å². The van der Waals surface area contributed by atoms with Gasteiger partial charge in [-0.2, -0.15) is 26.3 Å². The summed E-state index contributed by atoms with van der Waals surface area (Å²) in [5, 5.41) is 3.09. The van der Waals surface area contributed by atoms with Crippen molar-refractivity contribution < 1.29 is 31.1 Å². The number of benzene rings is 2. The second kappa shape index (κ2) is 11.0. The van der Waals surface area contributed by atoms with Crippen molar-refractivity contribution >= 4 is 0 Å². The summed E-state index contributed by atoms with van der Waals surface area (Å²) in [5.74, 6) is 0. The molecular weight excluding hydrogens is 422 g/mol. The molecule has 0 amide bonds. The number of nitrogens with one attached hydrogen (secondary N) is 1. The molecule has 0 saturated carbocycles. The zero-order valence-corrected chi connectivity index (χ0v) is 17.1. The summed E-state index contributed by atoms with van der Waals surface area (Å²) in [6, 6.07) is 11.3. The van der Waals surface area contributed by atoms with Crippen LogP contribution in [0.1, 0.15) is 41.7 Å². The number of nitrogens with two attached hydrogens (primary N) is 1. The van der Waals surface area contributed by atoms with Gasteiger partial charge in [0.05, 0.1) is 23.8 Å². The van der Waals surface area contributed by atoms with Gasteiger partial charge in [-0.1, -0.05) is 30.3 Å². The third kappa shape index (κ3) is 8.51. The summed E-state index contributed by atoms with van der Waals surface area (Å²) in [7, 11) is 0. The molecule has 2 aromatic rings. The van der Waals surface area contributed by atoms with E-state index in [0.29, 0.717) is 25.2 Å². The second-order valence-electron chi connectivity index (χ2n) is 7.34. The molecule has 172 valence electrons. The average Bonchev–Trinajstić information content (AvgIpc) is 2.71. The predicted octanol–water partition coefficient (Wildman–Crippen LogP) is 5.35. The summed E-state index contributed by atoms with van der Waals surface area (Å²) in [6.07, 6.45) is -9.08. The fourth-order valence-electron chi connectivity index (χ4n) is 3.00. The highest BCUT2D eigenvalue weighted by Crippen LogP contribution is 2.37. The molecule has 0 fully saturated rings. The van der Waals surface area contributed by atoms with E-state index in [1.165, 1.54) is 12.5 Å². The number of hydrogen-bond donors (Lipinski definition) is 2. The van der Waals surface area contributed by atoms with Crippen LogP contribution in [-0.2, 0) is 23.5 Å². The van der Waals surface area contributed by atoms with E-state index in [1.54, 1.807) is 0 Å². The Bertz CT molecular complexity index is 776. The monoisotopic (exact) mass is 448 g/mol. The Morgan fingerprint density at radius 2 is 1.52 bits per heavy atom. The Kier molecular flexibility index (Phi) is 8.90. The van der Waals surface area contributed by atoms with Crippen molar-refractivity contribution in [3.8, 4) is 0 Å². The van der Waals surface area contributed by atoms with Gasteiger partial charge in [0.15, 0.2) is 0 Å². The third-order valence-electron chi connectivity index (χ3n) is 4.78. The molecule has 0 aliphatic heterocycles. The lowest BCUT2D eigenvalue weighted by Gasteiger charge is -2.19. The van der Waals surface area contributed by atoms with Gasteiger partial charge < -0.3 is 15.8 Å². The lowest BCUT2D eigenvalue weighted by atomic mass is 10.0. The van der Waals surface area contributed by atoms with Gasteiger partial charge in [-0.3, -0.25) is 0 Å². The fraction of sp³-hybridized carbons (Fsp3) is 0.455. The van der Waals surface area contributed by atoms with Crippen LogP contribution >= 0.6 is 0 Å². The Morgan fingerprint density at radius 1 is 0.935 bits per heavy atom. The van der Waals surface area contributed by atoms with E-state index in [1.807, 2.05) is 30.3 Å². The Hall–Kier alpha value is -2.10. The first kappa shape index (κ1) is 25.2. The second-order valence-corrected chi connectivity index (χ2v) is 7.34. The van der Waals surface area contributed by atoms with Crippen molar-refractivity contribution in [2.45, 2.75) is 44.3 Å². The van der Waals surface area contributed by atoms with Crippen LogP contribution in [0.4, 0.5) is 26.3 Å². The Labute approximate surface area is 177 Å². The van der Waals surface area contributed by atoms with E-state index in [9.17, 15) is 26.3 Å². The molecule has 3 N–H and O–H groups in total. The SMILES string of the molecule is C[C@@H](OCCNC[C@@H](N)CCc1ccccc1)c1cc(C(F)(F)F)cc(C(F)(F)F)c1. The first-order chi connectivity index (χ1) is 14.5. The van der Waals surface area contributed by atoms with Crippen LogP contribution in [0.25, 0.3) is 0 Å². The molecule has 2 rings (SSSR count). The zero-order chi connectivity index (χ0) is 23.1. The van der Waals surface area contributed by atoms with Crippen LogP contribution in [0.5, 0.6) is 0 Å². The van der Waals surface area contributed by atoms with Gasteiger partial charge in [0.25, 0.3) is 0 Å². The standard InChI is InChI=1S/C22H26F6N2O/c1-15(17-11-18(21(23,24)25)13-19(12-17)22(26,27)28)31-10-9-30-14-20(29)8-7-16-5-3-2-4-6-16/h2-6,11-13,15,20,30H,7-10,14,29H2,1H3/t15-,20+/m1/s1. The number of halogens is 6. The van der Waals surface area contributed by atoms with Crippen LogP contribution in [0.15, 0.2) is 48.5 Å². The largest absolute Gasteiger partial charge is 0.416 e. The van der Waals surface area contributed by atoms with Crippen molar-refractivity contribution in [2.75, 3.05) is 19.7 Å². The first-order valence-corrected chi connectivity index (χ1v) is 9.88. The van der Waals surface area contributed by atoms with Crippen LogP contribution in [0.2, 0.25) is 0 Å². The van der Waals surface area contributed by atoms with Crippen LogP contribution in [0, 0.1) is 0 Å². The lowest BCUT2D eigenvalue weighted by Crippen LogP contribution is -2.35. The first-order valence-electron chi connectivity index (χ1n) is 9.88. The summed E-state index contributed by atoms with van der Waals surface area (Å²) in [6.45, 7) is 2.42. The highest BCUT2D eigenvalue weighted by Gasteiger charge is 2.37. The minimum absolute atomic E-state index is 0.0876. The highest BCUT2D eigenvalue weighted by atomic mass is 19.4. The number of ether oxygens (including phenoxy) is 1. The molecule has 0 aliphatic carbocycles. The summed E-state index contributed by atoms with van der Waals surface area (Å²) >= 11 is 0. The molecule has 0 bridgehead atoms. The maximum absolute atomic E-state index is 13.0. The van der Waals surface area contributed by atoms with Gasteiger partial charge in [-0.05, 0) is 49.1 Å². The normalized spacial score (nSPS) is 14.5. The molecule has 0 heterocycles. The van der Waals surface area contributed by atoms with Gasteiger partial charge >= 0.3 is 12.4 Å². The summed E-state index contributed by atoms with van der Waals surface area (Å²) in [5.41, 5.74) is 4.36. The molecule has 9 heteroatoms. The van der Waals surface area contributed by atoms with Crippen molar-refractivity contribution in [1.82, 2.24) is 5.32 Å². The molecule has 3 nitrogen and oxygen atoms in total. The van der Waals surface area contributed by atoms with E-state index in [0.717, 1.165) is 12.8 Å². The third-order valence-corrected chi connectivity index (χ3v) is 4.78. The van der Waals surface area contributed by atoms with Gasteiger partial charge in [-0.15, -0.1) is 0 Å². The average molecular weight is 448 g/mol.